The van der Waals surface area contributed by atoms with Crippen molar-refractivity contribution in [1.29, 1.82) is 0 Å². The Morgan fingerprint density at radius 3 is 2.45 bits per heavy atom. The third-order valence-electron chi connectivity index (χ3n) is 4.22. The zero-order valence-electron chi connectivity index (χ0n) is 14.9. The number of fused-ring (bicyclic) bond motifs is 1. The number of aliphatic hydroxyl groups is 2. The van der Waals surface area contributed by atoms with Gasteiger partial charge in [0.1, 0.15) is 17.7 Å². The Bertz CT molecular complexity index is 1140. The summed E-state index contributed by atoms with van der Waals surface area (Å²) in [4.78, 5) is 1.06. The maximum Gasteiger partial charge on any atom is 0.168 e. The molecule has 0 bridgehead atoms. The second kappa shape index (κ2) is 8.87. The molecule has 0 spiro atoms. The minimum Gasteiger partial charge on any atom is -0.393 e. The van der Waals surface area contributed by atoms with E-state index in [1.54, 1.807) is 47.0 Å². The van der Waals surface area contributed by atoms with Crippen molar-refractivity contribution in [2.24, 2.45) is 0 Å². The third kappa shape index (κ3) is 4.40. The van der Waals surface area contributed by atoms with Crippen LogP contribution in [0.15, 0.2) is 70.6 Å². The van der Waals surface area contributed by atoms with Crippen LogP contribution in [0, 0.1) is 11.6 Å². The lowest BCUT2D eigenvalue weighted by molar-refractivity contribution is 0.0956. The van der Waals surface area contributed by atoms with Gasteiger partial charge >= 0.3 is 0 Å². The van der Waals surface area contributed by atoms with Crippen molar-refractivity contribution in [3.05, 3.63) is 78.0 Å². The third-order valence-corrected chi connectivity index (χ3v) is 5.25. The lowest BCUT2D eigenvalue weighted by atomic mass is 10.1. The predicted octanol–water partition coefficient (Wildman–Crippen LogP) is 4.27. The number of halogens is 3. The molecule has 0 aliphatic rings. The van der Waals surface area contributed by atoms with Gasteiger partial charge in [-0.3, -0.25) is 4.40 Å². The Balaban J connectivity index is 0.00000240. The number of aromatic nitrogens is 3. The van der Waals surface area contributed by atoms with E-state index in [0.29, 0.717) is 21.9 Å². The number of benzene rings is 2. The van der Waals surface area contributed by atoms with Crippen molar-refractivity contribution in [2.75, 3.05) is 6.61 Å². The highest BCUT2D eigenvalue weighted by atomic mass is 35.5. The van der Waals surface area contributed by atoms with Crippen LogP contribution in [0.25, 0.3) is 17.0 Å². The normalized spacial score (nSPS) is 12.0. The monoisotopic (exact) mass is 435 g/mol. The minimum absolute atomic E-state index is 0. The molecule has 0 fully saturated rings. The second-order valence-corrected chi connectivity index (χ2v) is 7.23. The van der Waals surface area contributed by atoms with Crippen molar-refractivity contribution in [3.8, 4) is 11.4 Å². The molecule has 4 rings (SSSR count). The Labute approximate surface area is 175 Å². The van der Waals surface area contributed by atoms with Crippen LogP contribution in [0.1, 0.15) is 11.7 Å². The topological polar surface area (TPSA) is 70.7 Å². The van der Waals surface area contributed by atoms with E-state index in [2.05, 4.69) is 10.2 Å². The molecule has 0 aliphatic carbocycles. The molecule has 1 atom stereocenters. The first-order chi connectivity index (χ1) is 13.5. The van der Waals surface area contributed by atoms with Gasteiger partial charge in [-0.1, -0.05) is 36.0 Å². The van der Waals surface area contributed by atoms with Gasteiger partial charge in [-0.05, 0) is 29.8 Å². The van der Waals surface area contributed by atoms with Crippen LogP contribution in [-0.2, 0) is 0 Å². The Kier molecular flexibility index (Phi) is 6.49. The van der Waals surface area contributed by atoms with Crippen molar-refractivity contribution in [1.82, 2.24) is 14.6 Å². The lowest BCUT2D eigenvalue weighted by Crippen LogP contribution is -2.02. The molecule has 1 unspecified atom stereocenters. The largest absolute Gasteiger partial charge is 0.393 e. The molecular weight excluding hydrogens is 420 g/mol. The van der Waals surface area contributed by atoms with Crippen molar-refractivity contribution in [3.63, 3.8) is 0 Å². The maximum absolute atomic E-state index is 13.9. The maximum atomic E-state index is 13.9. The lowest BCUT2D eigenvalue weighted by Gasteiger charge is -2.08. The highest BCUT2D eigenvalue weighted by Crippen LogP contribution is 2.31. The Hall–Kier alpha value is -2.52. The van der Waals surface area contributed by atoms with Gasteiger partial charge in [0.2, 0.25) is 0 Å². The van der Waals surface area contributed by atoms with E-state index >= 15 is 0 Å². The van der Waals surface area contributed by atoms with Gasteiger partial charge in [0.05, 0.1) is 6.61 Å². The molecule has 5 nitrogen and oxygen atoms in total. The zero-order chi connectivity index (χ0) is 19.7. The Morgan fingerprint density at radius 2 is 1.76 bits per heavy atom. The average molecular weight is 436 g/mol. The van der Waals surface area contributed by atoms with Crippen LogP contribution >= 0.6 is 24.2 Å². The number of hydrogen-bond acceptors (Lipinski definition) is 5. The van der Waals surface area contributed by atoms with E-state index in [1.807, 2.05) is 0 Å². The van der Waals surface area contributed by atoms with Crippen LogP contribution in [0.3, 0.4) is 0 Å². The zero-order valence-corrected chi connectivity index (χ0v) is 16.5. The molecule has 0 aliphatic heterocycles. The molecule has 0 saturated carbocycles. The molecular formula is C20H16ClF2N3O2S. The second-order valence-electron chi connectivity index (χ2n) is 6.11. The first-order valence-electron chi connectivity index (χ1n) is 8.42. The number of aliphatic hydroxyl groups excluding tert-OH is 2. The molecule has 0 radical (unpaired) electrons. The van der Waals surface area contributed by atoms with Gasteiger partial charge in [0.15, 0.2) is 11.5 Å². The van der Waals surface area contributed by atoms with Gasteiger partial charge in [0.25, 0.3) is 0 Å². The fraction of sp³-hybridized carbons (Fsp3) is 0.100. The van der Waals surface area contributed by atoms with Gasteiger partial charge < -0.3 is 10.2 Å². The highest BCUT2D eigenvalue weighted by Gasteiger charge is 2.12. The van der Waals surface area contributed by atoms with E-state index in [4.69, 9.17) is 5.11 Å². The molecule has 29 heavy (non-hydrogen) atoms. The summed E-state index contributed by atoms with van der Waals surface area (Å²) in [7, 11) is 0. The quantitative estimate of drug-likeness (QED) is 0.490. The standard InChI is InChI=1S/C20H15F2N3O2S.ClH/c21-14-5-7-18(16(22)9-14)28-15-6-8-19-23-24-20(25(19)10-15)13-3-1-12(2-4-13)17(27)11-26;/h1-10,17,26-27H,11H2;1H. The van der Waals surface area contributed by atoms with Crippen LogP contribution < -0.4 is 0 Å². The van der Waals surface area contributed by atoms with Gasteiger partial charge in [0, 0.05) is 27.6 Å². The summed E-state index contributed by atoms with van der Waals surface area (Å²) >= 11 is 1.18. The van der Waals surface area contributed by atoms with Crippen molar-refractivity contribution >= 4 is 29.8 Å². The summed E-state index contributed by atoms with van der Waals surface area (Å²) in [5.74, 6) is -0.651. The van der Waals surface area contributed by atoms with E-state index < -0.39 is 17.7 Å². The minimum atomic E-state index is -0.933. The molecule has 2 N–H and O–H groups in total. The van der Waals surface area contributed by atoms with Gasteiger partial charge in [-0.25, -0.2) is 8.78 Å². The first kappa shape index (κ1) is 21.2. The molecule has 150 valence electrons. The Morgan fingerprint density at radius 1 is 1.00 bits per heavy atom. The number of pyridine rings is 1. The molecule has 0 amide bonds. The first-order valence-corrected chi connectivity index (χ1v) is 9.24. The number of hydrogen-bond donors (Lipinski definition) is 2. The predicted molar refractivity (Wildman–Crippen MR) is 108 cm³/mol. The van der Waals surface area contributed by atoms with Crippen LogP contribution in [0.2, 0.25) is 0 Å². The van der Waals surface area contributed by atoms with Crippen LogP contribution in [0.5, 0.6) is 0 Å². The van der Waals surface area contributed by atoms with E-state index in [0.717, 1.165) is 16.5 Å². The summed E-state index contributed by atoms with van der Waals surface area (Å²) in [6, 6.07) is 14.0. The SMILES string of the molecule is Cl.OCC(O)c1ccc(-c2nnc3ccc(Sc4ccc(F)cc4F)cn23)cc1. The smallest absolute Gasteiger partial charge is 0.168 e. The molecule has 2 heterocycles. The molecule has 4 aromatic rings. The number of nitrogens with zero attached hydrogens (tertiary/aromatic N) is 3. The summed E-state index contributed by atoms with van der Waals surface area (Å²) in [5, 5.41) is 27.1. The van der Waals surface area contributed by atoms with E-state index in [9.17, 15) is 13.9 Å². The molecule has 2 aromatic heterocycles. The molecule has 0 saturated heterocycles. The van der Waals surface area contributed by atoms with E-state index in [-0.39, 0.29) is 19.0 Å². The van der Waals surface area contributed by atoms with Gasteiger partial charge in [-0.2, -0.15) is 0 Å². The summed E-state index contributed by atoms with van der Waals surface area (Å²) in [5.41, 5.74) is 2.00. The summed E-state index contributed by atoms with van der Waals surface area (Å²) in [6.45, 7) is -0.353. The van der Waals surface area contributed by atoms with Crippen molar-refractivity contribution < 1.29 is 19.0 Å². The average Bonchev–Trinajstić information content (AvgIpc) is 3.13. The fourth-order valence-corrected chi connectivity index (χ4v) is 3.61. The fourth-order valence-electron chi connectivity index (χ4n) is 2.77. The molecule has 9 heteroatoms. The summed E-state index contributed by atoms with van der Waals surface area (Å²) in [6.07, 6.45) is 0.854. The number of rotatable bonds is 5. The van der Waals surface area contributed by atoms with Crippen molar-refractivity contribution in [2.45, 2.75) is 15.9 Å². The highest BCUT2D eigenvalue weighted by molar-refractivity contribution is 7.99. The molecule has 2 aromatic carbocycles. The van der Waals surface area contributed by atoms with Crippen LogP contribution in [-0.4, -0.2) is 31.4 Å². The van der Waals surface area contributed by atoms with Gasteiger partial charge in [-0.15, -0.1) is 22.6 Å². The van der Waals surface area contributed by atoms with E-state index in [1.165, 1.54) is 23.9 Å². The van der Waals surface area contributed by atoms with Crippen LogP contribution in [0.4, 0.5) is 8.78 Å². The summed E-state index contributed by atoms with van der Waals surface area (Å²) < 4.78 is 28.8.